The highest BCUT2D eigenvalue weighted by Gasteiger charge is 2.35. The molecule has 0 aromatic heterocycles. The van der Waals surface area contributed by atoms with Crippen molar-refractivity contribution in [3.8, 4) is 5.75 Å². The Morgan fingerprint density at radius 1 is 1.06 bits per heavy atom. The first kappa shape index (κ1) is 22.7. The summed E-state index contributed by atoms with van der Waals surface area (Å²) in [6, 6.07) is 20.7. The van der Waals surface area contributed by atoms with Crippen LogP contribution in [-0.4, -0.2) is 18.4 Å². The first-order valence-corrected chi connectivity index (χ1v) is 11.2. The Morgan fingerprint density at radius 3 is 2.61 bits per heavy atom. The number of aryl methyl sites for hydroxylation is 2. The predicted octanol–water partition coefficient (Wildman–Crippen LogP) is 5.03. The van der Waals surface area contributed by atoms with Gasteiger partial charge in [0.05, 0.1) is 11.6 Å². The maximum absolute atomic E-state index is 12.7. The molecule has 0 spiro atoms. The van der Waals surface area contributed by atoms with Gasteiger partial charge in [-0.3, -0.25) is 20.4 Å². The highest BCUT2D eigenvalue weighted by Crippen LogP contribution is 2.27. The fourth-order valence-electron chi connectivity index (χ4n) is 3.67. The number of carbonyl (C=O) groups excluding carboxylic acids is 2. The summed E-state index contributed by atoms with van der Waals surface area (Å²) in [5, 5.41) is 0.682. The van der Waals surface area contributed by atoms with Gasteiger partial charge < -0.3 is 9.64 Å². The molecule has 1 atom stereocenters. The molecule has 1 aliphatic heterocycles. The molecule has 0 bridgehead atoms. The fraction of sp³-hybridized carbons (Fsp3) is 0.231. The third-order valence-electron chi connectivity index (χ3n) is 5.78. The molecule has 4 rings (SSSR count). The van der Waals surface area contributed by atoms with Gasteiger partial charge in [0.15, 0.2) is 0 Å². The number of hydrogen-bond acceptors (Lipinski definition) is 4. The van der Waals surface area contributed by atoms with Crippen molar-refractivity contribution in [2.45, 2.75) is 26.9 Å². The van der Waals surface area contributed by atoms with E-state index in [0.717, 1.165) is 16.8 Å². The van der Waals surface area contributed by atoms with Gasteiger partial charge in [0.2, 0.25) is 11.8 Å². The number of nitrogens with zero attached hydrogens (tertiary/aromatic N) is 1. The van der Waals surface area contributed by atoms with Gasteiger partial charge in [-0.1, -0.05) is 35.9 Å². The molecular weight excluding hydrogens is 438 g/mol. The Kier molecular flexibility index (Phi) is 6.84. The quantitative estimate of drug-likeness (QED) is 0.482. The van der Waals surface area contributed by atoms with E-state index in [1.807, 2.05) is 74.5 Å². The molecule has 0 unspecified atom stereocenters. The fourth-order valence-corrected chi connectivity index (χ4v) is 3.80. The second-order valence-corrected chi connectivity index (χ2v) is 8.67. The largest absolute Gasteiger partial charge is 0.489 e. The molecule has 33 heavy (non-hydrogen) atoms. The molecule has 0 aliphatic carbocycles. The van der Waals surface area contributed by atoms with Gasteiger partial charge >= 0.3 is 0 Å². The summed E-state index contributed by atoms with van der Waals surface area (Å²) < 4.78 is 5.83. The Bertz CT molecular complexity index is 1160. The van der Waals surface area contributed by atoms with Crippen molar-refractivity contribution in [1.82, 2.24) is 5.43 Å². The molecule has 7 heteroatoms. The van der Waals surface area contributed by atoms with Crippen molar-refractivity contribution in [1.29, 1.82) is 0 Å². The number of nitrogens with one attached hydrogen (secondary N) is 2. The standard InChI is InChI=1S/C26H26ClN3O3/c1-17-6-11-23(12-18(17)2)30-15-20(13-25(30)31)26(32)29-28-22-4-3-5-24(14-22)33-16-19-7-9-21(27)10-8-19/h3-12,14,20,28H,13,15-16H2,1-2H3,(H,29,32)/t20-/m0/s1. The zero-order valence-electron chi connectivity index (χ0n) is 18.6. The lowest BCUT2D eigenvalue weighted by atomic mass is 10.1. The first-order chi connectivity index (χ1) is 15.9. The summed E-state index contributed by atoms with van der Waals surface area (Å²) in [6.45, 7) is 4.82. The monoisotopic (exact) mass is 463 g/mol. The third-order valence-corrected chi connectivity index (χ3v) is 6.03. The summed E-state index contributed by atoms with van der Waals surface area (Å²) in [7, 11) is 0. The minimum Gasteiger partial charge on any atom is -0.489 e. The summed E-state index contributed by atoms with van der Waals surface area (Å²) in [5.41, 5.74) is 10.5. The van der Waals surface area contributed by atoms with Crippen LogP contribution in [0.2, 0.25) is 5.02 Å². The number of rotatable bonds is 7. The molecule has 3 aromatic carbocycles. The summed E-state index contributed by atoms with van der Waals surface area (Å²) in [5.74, 6) is -0.0183. The number of halogens is 1. The minimum absolute atomic E-state index is 0.0454. The summed E-state index contributed by atoms with van der Waals surface area (Å²) in [4.78, 5) is 26.9. The van der Waals surface area contributed by atoms with Crippen molar-refractivity contribution in [3.63, 3.8) is 0 Å². The zero-order valence-corrected chi connectivity index (χ0v) is 19.4. The molecule has 2 N–H and O–H groups in total. The van der Waals surface area contributed by atoms with Gasteiger partial charge in [0.1, 0.15) is 12.4 Å². The molecule has 0 saturated carbocycles. The average molecular weight is 464 g/mol. The van der Waals surface area contributed by atoms with Crippen LogP contribution in [0.4, 0.5) is 11.4 Å². The number of anilines is 2. The van der Waals surface area contributed by atoms with Crippen molar-refractivity contribution in [2.24, 2.45) is 5.92 Å². The molecule has 170 valence electrons. The highest BCUT2D eigenvalue weighted by molar-refractivity contribution is 6.30. The maximum atomic E-state index is 12.7. The molecule has 1 saturated heterocycles. The second-order valence-electron chi connectivity index (χ2n) is 8.23. The number of benzene rings is 3. The van der Waals surface area contributed by atoms with Gasteiger partial charge in [-0.25, -0.2) is 0 Å². The highest BCUT2D eigenvalue weighted by atomic mass is 35.5. The van der Waals surface area contributed by atoms with Crippen LogP contribution >= 0.6 is 11.6 Å². The van der Waals surface area contributed by atoms with Gasteiger partial charge in [-0.2, -0.15) is 0 Å². The average Bonchev–Trinajstić information content (AvgIpc) is 3.21. The Labute approximate surface area is 198 Å². The zero-order chi connectivity index (χ0) is 23.4. The van der Waals surface area contributed by atoms with E-state index in [1.54, 1.807) is 11.0 Å². The molecule has 6 nitrogen and oxygen atoms in total. The van der Waals surface area contributed by atoms with E-state index in [0.29, 0.717) is 29.6 Å². The van der Waals surface area contributed by atoms with Crippen LogP contribution in [0.5, 0.6) is 5.75 Å². The van der Waals surface area contributed by atoms with Crippen LogP contribution in [0.1, 0.15) is 23.1 Å². The van der Waals surface area contributed by atoms with Crippen LogP contribution in [0.3, 0.4) is 0 Å². The Balaban J connectivity index is 1.31. The van der Waals surface area contributed by atoms with Crippen LogP contribution in [0.15, 0.2) is 66.7 Å². The number of hydrogen-bond donors (Lipinski definition) is 2. The predicted molar refractivity (Wildman–Crippen MR) is 130 cm³/mol. The molecule has 0 radical (unpaired) electrons. The molecule has 3 aromatic rings. The number of carbonyl (C=O) groups is 2. The van der Waals surface area contributed by atoms with E-state index < -0.39 is 5.92 Å². The van der Waals surface area contributed by atoms with Crippen LogP contribution in [0, 0.1) is 19.8 Å². The first-order valence-electron chi connectivity index (χ1n) is 10.8. The van der Waals surface area contributed by atoms with Crippen molar-refractivity contribution in [3.05, 3.63) is 88.4 Å². The minimum atomic E-state index is -0.420. The number of hydrazine groups is 1. The Hall–Kier alpha value is -3.51. The smallest absolute Gasteiger partial charge is 0.243 e. The van der Waals surface area contributed by atoms with Gasteiger partial charge in [-0.15, -0.1) is 0 Å². The topological polar surface area (TPSA) is 70.7 Å². The third kappa shape index (κ3) is 5.65. The van der Waals surface area contributed by atoms with Gasteiger partial charge in [-0.05, 0) is 66.9 Å². The summed E-state index contributed by atoms with van der Waals surface area (Å²) >= 11 is 5.91. The van der Waals surface area contributed by atoms with E-state index in [4.69, 9.17) is 16.3 Å². The van der Waals surface area contributed by atoms with E-state index in [9.17, 15) is 9.59 Å². The summed E-state index contributed by atoms with van der Waals surface area (Å²) in [6.07, 6.45) is 0.185. The lowest BCUT2D eigenvalue weighted by Crippen LogP contribution is -2.36. The number of amides is 2. The molecular formula is C26H26ClN3O3. The second kappa shape index (κ2) is 9.96. The lowest BCUT2D eigenvalue weighted by molar-refractivity contribution is -0.125. The lowest BCUT2D eigenvalue weighted by Gasteiger charge is -2.18. The van der Waals surface area contributed by atoms with Gasteiger partial charge in [0.25, 0.3) is 0 Å². The molecule has 1 heterocycles. The van der Waals surface area contributed by atoms with Crippen molar-refractivity contribution >= 4 is 34.8 Å². The molecule has 1 aliphatic rings. The van der Waals surface area contributed by atoms with Crippen molar-refractivity contribution < 1.29 is 14.3 Å². The van der Waals surface area contributed by atoms with E-state index in [-0.39, 0.29) is 18.2 Å². The van der Waals surface area contributed by atoms with E-state index in [2.05, 4.69) is 10.9 Å². The van der Waals surface area contributed by atoms with Crippen LogP contribution in [-0.2, 0) is 16.2 Å². The number of ether oxygens (including phenoxy) is 1. The van der Waals surface area contributed by atoms with Crippen LogP contribution < -0.4 is 20.5 Å². The van der Waals surface area contributed by atoms with Gasteiger partial charge in [0, 0.05) is 29.7 Å². The molecule has 2 amide bonds. The SMILES string of the molecule is Cc1ccc(N2C[C@@H](C(=O)NNc3cccc(OCc4ccc(Cl)cc4)c3)CC2=O)cc1C. The maximum Gasteiger partial charge on any atom is 0.243 e. The Morgan fingerprint density at radius 2 is 1.85 bits per heavy atom. The van der Waals surface area contributed by atoms with E-state index in [1.165, 1.54) is 5.56 Å². The van der Waals surface area contributed by atoms with Crippen molar-refractivity contribution in [2.75, 3.05) is 16.9 Å². The molecule has 1 fully saturated rings. The normalized spacial score (nSPS) is 15.4. The van der Waals surface area contributed by atoms with Crippen LogP contribution in [0.25, 0.3) is 0 Å². The van der Waals surface area contributed by atoms with E-state index >= 15 is 0 Å².